The molecule has 1 amide bonds. The molecular formula is C24H24N4O2. The zero-order valence-corrected chi connectivity index (χ0v) is 17.2. The second-order valence-electron chi connectivity index (χ2n) is 8.13. The first kappa shape index (κ1) is 18.7. The number of likely N-dealkylation sites (tertiary alicyclic amines) is 1. The number of carbonyl (C=O) groups excluding carboxylic acids is 1. The van der Waals surface area contributed by atoms with Crippen LogP contribution in [0.25, 0.3) is 11.3 Å². The van der Waals surface area contributed by atoms with Crippen LogP contribution in [-0.2, 0) is 17.8 Å². The summed E-state index contributed by atoms with van der Waals surface area (Å²) in [4.78, 5) is 17.7. The first-order chi connectivity index (χ1) is 14.6. The Morgan fingerprint density at radius 3 is 2.70 bits per heavy atom. The van der Waals surface area contributed by atoms with E-state index >= 15 is 0 Å². The highest BCUT2D eigenvalue weighted by molar-refractivity contribution is 5.74. The standard InChI is InChI=1S/C24H24N4O2/c1-3-24-25-10-11-27(24)13-19-12-23(30-26-19)18-7-4-17(5-8-18)6-9-20-21-14-28(16(2)29)15-22(20)21/h4-5,7-8,10-12,20-22H,3,13-15H2,1-2H3. The van der Waals surface area contributed by atoms with Gasteiger partial charge in [-0.25, -0.2) is 4.98 Å². The molecule has 2 unspecified atom stereocenters. The van der Waals surface area contributed by atoms with Gasteiger partial charge in [0.05, 0.1) is 6.54 Å². The number of aromatic nitrogens is 3. The van der Waals surface area contributed by atoms with Crippen molar-refractivity contribution >= 4 is 5.91 Å². The smallest absolute Gasteiger partial charge is 0.219 e. The van der Waals surface area contributed by atoms with Crippen LogP contribution in [0.1, 0.15) is 30.9 Å². The van der Waals surface area contributed by atoms with Gasteiger partial charge in [0.1, 0.15) is 11.5 Å². The fraction of sp³-hybridized carbons (Fsp3) is 0.375. The number of hydrogen-bond acceptors (Lipinski definition) is 4. The average molecular weight is 400 g/mol. The number of imidazole rings is 1. The van der Waals surface area contributed by atoms with Crippen LogP contribution in [0.5, 0.6) is 0 Å². The Labute approximate surface area is 175 Å². The van der Waals surface area contributed by atoms with Crippen LogP contribution in [0.15, 0.2) is 47.2 Å². The van der Waals surface area contributed by atoms with Crippen LogP contribution in [0.4, 0.5) is 0 Å². The van der Waals surface area contributed by atoms with Crippen molar-refractivity contribution in [1.82, 2.24) is 19.6 Å². The molecule has 1 aliphatic carbocycles. The number of aryl methyl sites for hydroxylation is 1. The molecule has 30 heavy (non-hydrogen) atoms. The molecular weight excluding hydrogens is 376 g/mol. The van der Waals surface area contributed by atoms with E-state index in [0.29, 0.717) is 24.3 Å². The number of amides is 1. The Hall–Kier alpha value is -3.33. The van der Waals surface area contributed by atoms with Crippen molar-refractivity contribution in [2.45, 2.75) is 26.8 Å². The normalized spacial score (nSPS) is 21.8. The summed E-state index contributed by atoms with van der Waals surface area (Å²) in [6.07, 6.45) is 4.66. The third-order valence-electron chi connectivity index (χ3n) is 6.20. The zero-order chi connectivity index (χ0) is 20.7. The van der Waals surface area contributed by atoms with E-state index < -0.39 is 0 Å². The summed E-state index contributed by atoms with van der Waals surface area (Å²) in [6, 6.07) is 10.1. The monoisotopic (exact) mass is 400 g/mol. The minimum absolute atomic E-state index is 0.177. The van der Waals surface area contributed by atoms with Gasteiger partial charge < -0.3 is 14.0 Å². The molecule has 2 atom stereocenters. The van der Waals surface area contributed by atoms with Crippen molar-refractivity contribution in [1.29, 1.82) is 0 Å². The van der Waals surface area contributed by atoms with Crippen LogP contribution in [0, 0.1) is 29.6 Å². The molecule has 6 heteroatoms. The lowest BCUT2D eigenvalue weighted by Crippen LogP contribution is -2.28. The van der Waals surface area contributed by atoms with Gasteiger partial charge in [0.15, 0.2) is 5.76 Å². The molecule has 1 aliphatic heterocycles. The van der Waals surface area contributed by atoms with E-state index in [0.717, 1.165) is 47.9 Å². The molecule has 1 aromatic carbocycles. The summed E-state index contributed by atoms with van der Waals surface area (Å²) in [5.74, 6) is 10.2. The van der Waals surface area contributed by atoms with E-state index in [1.54, 1.807) is 6.92 Å². The highest BCUT2D eigenvalue weighted by atomic mass is 16.5. The molecule has 2 fully saturated rings. The highest BCUT2D eigenvalue weighted by Crippen LogP contribution is 2.51. The van der Waals surface area contributed by atoms with Crippen molar-refractivity contribution in [2.75, 3.05) is 13.1 Å². The van der Waals surface area contributed by atoms with Crippen molar-refractivity contribution in [3.8, 4) is 23.2 Å². The first-order valence-electron chi connectivity index (χ1n) is 10.5. The van der Waals surface area contributed by atoms with Crippen LogP contribution in [-0.4, -0.2) is 38.6 Å². The molecule has 2 aliphatic rings. The molecule has 5 rings (SSSR count). The maximum atomic E-state index is 11.4. The van der Waals surface area contributed by atoms with Crippen LogP contribution >= 0.6 is 0 Å². The van der Waals surface area contributed by atoms with E-state index in [1.807, 2.05) is 47.6 Å². The van der Waals surface area contributed by atoms with Gasteiger partial charge in [0, 0.05) is 61.9 Å². The van der Waals surface area contributed by atoms with E-state index in [-0.39, 0.29) is 5.91 Å². The second kappa shape index (κ2) is 7.49. The maximum absolute atomic E-state index is 11.4. The van der Waals surface area contributed by atoms with Gasteiger partial charge in [-0.2, -0.15) is 0 Å². The Morgan fingerprint density at radius 2 is 2.00 bits per heavy atom. The highest BCUT2D eigenvalue weighted by Gasteiger charge is 2.55. The lowest BCUT2D eigenvalue weighted by atomic mass is 10.1. The summed E-state index contributed by atoms with van der Waals surface area (Å²) in [6.45, 7) is 6.12. The average Bonchev–Trinajstić information content (AvgIpc) is 3.24. The molecule has 6 nitrogen and oxygen atoms in total. The van der Waals surface area contributed by atoms with Crippen molar-refractivity contribution < 1.29 is 9.32 Å². The number of hydrogen-bond donors (Lipinski definition) is 0. The lowest BCUT2D eigenvalue weighted by molar-refractivity contribution is -0.128. The van der Waals surface area contributed by atoms with E-state index in [2.05, 4.69) is 33.5 Å². The summed E-state index contributed by atoms with van der Waals surface area (Å²) in [5, 5.41) is 4.20. The number of piperidine rings is 1. The molecule has 0 spiro atoms. The molecule has 1 saturated heterocycles. The van der Waals surface area contributed by atoms with Gasteiger partial charge in [-0.05, 0) is 36.1 Å². The van der Waals surface area contributed by atoms with Gasteiger partial charge in [-0.3, -0.25) is 4.79 Å². The Kier molecular flexibility index (Phi) is 4.66. The molecule has 1 saturated carbocycles. The summed E-state index contributed by atoms with van der Waals surface area (Å²) in [7, 11) is 0. The predicted molar refractivity (Wildman–Crippen MR) is 112 cm³/mol. The summed E-state index contributed by atoms with van der Waals surface area (Å²) >= 11 is 0. The van der Waals surface area contributed by atoms with E-state index in [1.165, 1.54) is 0 Å². The molecule has 3 aromatic rings. The minimum Gasteiger partial charge on any atom is -0.356 e. The number of fused-ring (bicyclic) bond motifs is 1. The molecule has 3 heterocycles. The van der Waals surface area contributed by atoms with Gasteiger partial charge >= 0.3 is 0 Å². The van der Waals surface area contributed by atoms with Gasteiger partial charge in [-0.1, -0.05) is 23.9 Å². The van der Waals surface area contributed by atoms with Crippen molar-refractivity contribution in [3.63, 3.8) is 0 Å². The number of nitrogens with zero attached hydrogens (tertiary/aromatic N) is 4. The quantitative estimate of drug-likeness (QED) is 0.631. The Balaban J connectivity index is 1.22. The summed E-state index contributed by atoms with van der Waals surface area (Å²) in [5.41, 5.74) is 2.86. The van der Waals surface area contributed by atoms with Gasteiger partial charge in [0.25, 0.3) is 0 Å². The third-order valence-corrected chi connectivity index (χ3v) is 6.20. The fourth-order valence-electron chi connectivity index (χ4n) is 4.38. The topological polar surface area (TPSA) is 64.2 Å². The predicted octanol–water partition coefficient (Wildman–Crippen LogP) is 3.22. The molecule has 0 N–H and O–H groups in total. The minimum atomic E-state index is 0.177. The van der Waals surface area contributed by atoms with Gasteiger partial charge in [-0.15, -0.1) is 0 Å². The van der Waals surface area contributed by atoms with Crippen LogP contribution < -0.4 is 0 Å². The number of rotatable bonds is 4. The molecule has 0 radical (unpaired) electrons. The molecule has 2 aromatic heterocycles. The number of benzene rings is 1. The third kappa shape index (κ3) is 3.52. The lowest BCUT2D eigenvalue weighted by Gasteiger charge is -2.15. The van der Waals surface area contributed by atoms with Crippen molar-refractivity contribution in [3.05, 3.63) is 59.8 Å². The number of carbonyl (C=O) groups is 1. The largest absolute Gasteiger partial charge is 0.356 e. The van der Waals surface area contributed by atoms with Gasteiger partial charge in [0.2, 0.25) is 5.91 Å². The Bertz CT molecular complexity index is 1120. The Morgan fingerprint density at radius 1 is 1.23 bits per heavy atom. The summed E-state index contributed by atoms with van der Waals surface area (Å²) < 4.78 is 7.64. The zero-order valence-electron chi connectivity index (χ0n) is 17.2. The molecule has 0 bridgehead atoms. The second-order valence-corrected chi connectivity index (χ2v) is 8.13. The molecule has 152 valence electrons. The van der Waals surface area contributed by atoms with Crippen LogP contribution in [0.2, 0.25) is 0 Å². The maximum Gasteiger partial charge on any atom is 0.219 e. The first-order valence-corrected chi connectivity index (χ1v) is 10.5. The fourth-order valence-corrected chi connectivity index (χ4v) is 4.38. The van der Waals surface area contributed by atoms with E-state index in [9.17, 15) is 4.79 Å². The van der Waals surface area contributed by atoms with Crippen molar-refractivity contribution in [2.24, 2.45) is 17.8 Å². The van der Waals surface area contributed by atoms with E-state index in [4.69, 9.17) is 4.52 Å². The SMILES string of the molecule is CCc1nccn1Cc1cc(-c2ccc(C#CC3C4CN(C(C)=O)CC34)cc2)on1. The van der Waals surface area contributed by atoms with Crippen LogP contribution in [0.3, 0.4) is 0 Å².